The van der Waals surface area contributed by atoms with E-state index in [0.717, 1.165) is 38.3 Å². The molecule has 2 aliphatic rings. The van der Waals surface area contributed by atoms with E-state index in [2.05, 4.69) is 0 Å². The summed E-state index contributed by atoms with van der Waals surface area (Å²) in [6.45, 7) is 1.92. The van der Waals surface area contributed by atoms with Crippen molar-refractivity contribution in [2.75, 3.05) is 24.5 Å². The van der Waals surface area contributed by atoms with Gasteiger partial charge in [-0.15, -0.1) is 0 Å². The topological polar surface area (TPSA) is 110 Å². The van der Waals surface area contributed by atoms with Crippen LogP contribution in [0.3, 0.4) is 0 Å². The first-order valence-corrected chi connectivity index (χ1v) is 8.44. The molecule has 134 valence electrons. The summed E-state index contributed by atoms with van der Waals surface area (Å²) in [4.78, 5) is 36.8. The van der Waals surface area contributed by atoms with Crippen molar-refractivity contribution in [3.8, 4) is 0 Å². The SMILES string of the molecule is O=C1CCCN1CC1CCCCN1c1ccc([N+](=O)[O-])cc1[N+](=O)[O-]. The largest absolute Gasteiger partial charge is 0.361 e. The minimum Gasteiger partial charge on any atom is -0.361 e. The molecule has 3 rings (SSSR count). The number of nitro groups is 2. The Kier molecular flexibility index (Phi) is 4.82. The van der Waals surface area contributed by atoms with Gasteiger partial charge in [0.05, 0.1) is 15.9 Å². The molecule has 9 heteroatoms. The summed E-state index contributed by atoms with van der Waals surface area (Å²) in [5.41, 5.74) is -0.153. The normalized spacial score (nSPS) is 20.8. The third kappa shape index (κ3) is 3.54. The van der Waals surface area contributed by atoms with Crippen LogP contribution in [0.15, 0.2) is 18.2 Å². The molecule has 0 saturated carbocycles. The van der Waals surface area contributed by atoms with Crippen molar-refractivity contribution >= 4 is 23.0 Å². The number of amides is 1. The molecule has 25 heavy (non-hydrogen) atoms. The van der Waals surface area contributed by atoms with Crippen LogP contribution in [0.1, 0.15) is 32.1 Å². The summed E-state index contributed by atoms with van der Waals surface area (Å²) in [5.74, 6) is 0.128. The number of hydrogen-bond acceptors (Lipinski definition) is 6. The molecule has 1 amide bonds. The second-order valence-corrected chi connectivity index (χ2v) is 6.47. The van der Waals surface area contributed by atoms with Gasteiger partial charge in [-0.05, 0) is 31.7 Å². The quantitative estimate of drug-likeness (QED) is 0.597. The monoisotopic (exact) mass is 348 g/mol. The lowest BCUT2D eigenvalue weighted by molar-refractivity contribution is -0.393. The van der Waals surface area contributed by atoms with E-state index in [9.17, 15) is 25.0 Å². The van der Waals surface area contributed by atoms with Crippen LogP contribution in [0.25, 0.3) is 0 Å². The van der Waals surface area contributed by atoms with E-state index in [1.165, 1.54) is 12.1 Å². The molecule has 1 aromatic carbocycles. The molecule has 2 heterocycles. The first-order valence-electron chi connectivity index (χ1n) is 8.44. The van der Waals surface area contributed by atoms with Gasteiger partial charge in [-0.3, -0.25) is 25.0 Å². The maximum Gasteiger partial charge on any atom is 0.299 e. The van der Waals surface area contributed by atoms with Crippen molar-refractivity contribution < 1.29 is 14.6 Å². The average molecular weight is 348 g/mol. The van der Waals surface area contributed by atoms with Crippen LogP contribution in [0.2, 0.25) is 0 Å². The number of likely N-dealkylation sites (tertiary alicyclic amines) is 1. The second kappa shape index (κ2) is 7.04. The van der Waals surface area contributed by atoms with Gasteiger partial charge in [-0.2, -0.15) is 0 Å². The molecule has 2 saturated heterocycles. The molecule has 0 N–H and O–H groups in total. The third-order valence-corrected chi connectivity index (χ3v) is 4.91. The Bertz CT molecular complexity index is 708. The lowest BCUT2D eigenvalue weighted by Crippen LogP contribution is -2.47. The Morgan fingerprint density at radius 3 is 2.52 bits per heavy atom. The summed E-state index contributed by atoms with van der Waals surface area (Å²) >= 11 is 0. The van der Waals surface area contributed by atoms with Gasteiger partial charge in [0.15, 0.2) is 0 Å². The zero-order chi connectivity index (χ0) is 18.0. The van der Waals surface area contributed by atoms with Crippen molar-refractivity contribution in [1.82, 2.24) is 4.90 Å². The zero-order valence-corrected chi connectivity index (χ0v) is 13.8. The highest BCUT2D eigenvalue weighted by Crippen LogP contribution is 2.36. The molecule has 9 nitrogen and oxygen atoms in total. The molecule has 1 atom stereocenters. The minimum absolute atomic E-state index is 0.00374. The number of hydrogen-bond donors (Lipinski definition) is 0. The Balaban J connectivity index is 1.90. The average Bonchev–Trinajstić information content (AvgIpc) is 2.99. The van der Waals surface area contributed by atoms with E-state index in [1.807, 2.05) is 9.80 Å². The number of non-ortho nitro benzene ring substituents is 1. The standard InChI is InChI=1S/C16H20N4O5/c21-16-5-3-8-17(16)11-13-4-1-2-9-18(13)14-7-6-12(19(22)23)10-15(14)20(24)25/h6-7,10,13H,1-5,8-9,11H2. The first kappa shape index (κ1) is 17.1. The predicted octanol–water partition coefficient (Wildman–Crippen LogP) is 2.48. The first-order chi connectivity index (χ1) is 12.0. The van der Waals surface area contributed by atoms with Crippen LogP contribution in [0.4, 0.5) is 17.1 Å². The molecule has 2 fully saturated rings. The summed E-state index contributed by atoms with van der Waals surface area (Å²) < 4.78 is 0. The van der Waals surface area contributed by atoms with Gasteiger partial charge in [0, 0.05) is 38.2 Å². The Morgan fingerprint density at radius 2 is 1.88 bits per heavy atom. The van der Waals surface area contributed by atoms with Crippen molar-refractivity contribution in [3.05, 3.63) is 38.4 Å². The molecule has 2 aliphatic heterocycles. The van der Waals surface area contributed by atoms with E-state index in [0.29, 0.717) is 25.2 Å². The molecule has 1 unspecified atom stereocenters. The van der Waals surface area contributed by atoms with Crippen LogP contribution >= 0.6 is 0 Å². The number of rotatable bonds is 5. The molecule has 0 aromatic heterocycles. The third-order valence-electron chi connectivity index (χ3n) is 4.91. The van der Waals surface area contributed by atoms with E-state index >= 15 is 0 Å². The summed E-state index contributed by atoms with van der Waals surface area (Å²) in [7, 11) is 0. The van der Waals surface area contributed by atoms with Crippen LogP contribution < -0.4 is 4.90 Å². The Labute approximate surface area is 144 Å². The Hall–Kier alpha value is -2.71. The van der Waals surface area contributed by atoms with Crippen LogP contribution in [0.5, 0.6) is 0 Å². The number of anilines is 1. The predicted molar refractivity (Wildman–Crippen MR) is 90.5 cm³/mol. The number of nitro benzene ring substituents is 2. The highest BCUT2D eigenvalue weighted by molar-refractivity contribution is 5.78. The summed E-state index contributed by atoms with van der Waals surface area (Å²) in [6, 6.07) is 3.77. The molecular formula is C16H20N4O5. The van der Waals surface area contributed by atoms with E-state index in [4.69, 9.17) is 0 Å². The molecular weight excluding hydrogens is 328 g/mol. The number of benzene rings is 1. The molecule has 0 radical (unpaired) electrons. The van der Waals surface area contributed by atoms with Crippen molar-refractivity contribution in [2.24, 2.45) is 0 Å². The number of nitrogens with zero attached hydrogens (tertiary/aromatic N) is 4. The smallest absolute Gasteiger partial charge is 0.299 e. The van der Waals surface area contributed by atoms with Crippen molar-refractivity contribution in [1.29, 1.82) is 0 Å². The van der Waals surface area contributed by atoms with Gasteiger partial charge in [0.2, 0.25) is 5.91 Å². The van der Waals surface area contributed by atoms with E-state index < -0.39 is 9.85 Å². The van der Waals surface area contributed by atoms with Gasteiger partial charge >= 0.3 is 0 Å². The maximum atomic E-state index is 11.9. The van der Waals surface area contributed by atoms with Gasteiger partial charge in [-0.1, -0.05) is 0 Å². The van der Waals surface area contributed by atoms with E-state index in [1.54, 1.807) is 0 Å². The van der Waals surface area contributed by atoms with Crippen LogP contribution in [-0.2, 0) is 4.79 Å². The maximum absolute atomic E-state index is 11.9. The minimum atomic E-state index is -0.632. The van der Waals surface area contributed by atoms with Gasteiger partial charge in [-0.25, -0.2) is 0 Å². The molecule has 0 aliphatic carbocycles. The zero-order valence-electron chi connectivity index (χ0n) is 13.8. The summed E-state index contributed by atoms with van der Waals surface area (Å²) in [6.07, 6.45) is 4.16. The van der Waals surface area contributed by atoms with Crippen molar-refractivity contribution in [2.45, 2.75) is 38.1 Å². The fourth-order valence-corrected chi connectivity index (χ4v) is 3.67. The highest BCUT2D eigenvalue weighted by atomic mass is 16.6. The van der Waals surface area contributed by atoms with E-state index in [-0.39, 0.29) is 23.3 Å². The number of carbonyl (C=O) groups is 1. The van der Waals surface area contributed by atoms with Crippen LogP contribution in [-0.4, -0.2) is 46.3 Å². The molecule has 1 aromatic rings. The fraction of sp³-hybridized carbons (Fsp3) is 0.562. The lowest BCUT2D eigenvalue weighted by atomic mass is 10.00. The van der Waals surface area contributed by atoms with Gasteiger partial charge in [0.25, 0.3) is 11.4 Å². The Morgan fingerprint density at radius 1 is 1.08 bits per heavy atom. The number of carbonyl (C=O) groups excluding carboxylic acids is 1. The fourth-order valence-electron chi connectivity index (χ4n) is 3.67. The second-order valence-electron chi connectivity index (χ2n) is 6.47. The van der Waals surface area contributed by atoms with Gasteiger partial charge < -0.3 is 9.80 Å². The molecule has 0 bridgehead atoms. The van der Waals surface area contributed by atoms with Crippen molar-refractivity contribution in [3.63, 3.8) is 0 Å². The lowest BCUT2D eigenvalue weighted by Gasteiger charge is -2.39. The summed E-state index contributed by atoms with van der Waals surface area (Å²) in [5, 5.41) is 22.4. The van der Waals surface area contributed by atoms with Gasteiger partial charge in [0.1, 0.15) is 5.69 Å². The molecule has 0 spiro atoms. The number of piperidine rings is 1. The highest BCUT2D eigenvalue weighted by Gasteiger charge is 2.32. The van der Waals surface area contributed by atoms with Crippen LogP contribution in [0, 0.1) is 20.2 Å².